The van der Waals surface area contributed by atoms with E-state index >= 15 is 0 Å². The van der Waals surface area contributed by atoms with Crippen LogP contribution in [-0.2, 0) is 0 Å². The summed E-state index contributed by atoms with van der Waals surface area (Å²) in [7, 11) is 0. The lowest BCUT2D eigenvalue weighted by atomic mass is 10.1. The second-order valence-electron chi connectivity index (χ2n) is 3.35. The Bertz CT molecular complexity index is 454. The lowest BCUT2D eigenvalue weighted by molar-refractivity contribution is 0.454. The molecule has 0 saturated carbocycles. The van der Waals surface area contributed by atoms with E-state index in [0.29, 0.717) is 5.88 Å². The molecule has 0 aliphatic carbocycles. The van der Waals surface area contributed by atoms with E-state index in [2.05, 4.69) is 23.3 Å². The molecule has 75 valence electrons. The van der Waals surface area contributed by atoms with Crippen LogP contribution >= 0.6 is 0 Å². The van der Waals surface area contributed by atoms with Crippen LogP contribution in [0, 0.1) is 20.0 Å². The van der Waals surface area contributed by atoms with Crippen LogP contribution in [0.4, 0.5) is 0 Å². The highest BCUT2D eigenvalue weighted by molar-refractivity contribution is 5.35. The van der Waals surface area contributed by atoms with Crippen molar-refractivity contribution >= 4 is 0 Å². The van der Waals surface area contributed by atoms with Crippen molar-refractivity contribution in [2.24, 2.45) is 0 Å². The average Bonchev–Trinajstić information content (AvgIpc) is 2.25. The van der Waals surface area contributed by atoms with Crippen LogP contribution in [0.3, 0.4) is 0 Å². The van der Waals surface area contributed by atoms with Crippen molar-refractivity contribution in [2.45, 2.75) is 13.8 Å². The van der Waals surface area contributed by atoms with Crippen LogP contribution in [0.25, 0.3) is 0 Å². The van der Waals surface area contributed by atoms with Gasteiger partial charge in [0.05, 0.1) is 0 Å². The Hall–Kier alpha value is -1.90. The molecule has 3 nitrogen and oxygen atoms in total. The first-order chi connectivity index (χ1) is 7.25. The minimum absolute atomic E-state index is 0.483. The summed E-state index contributed by atoms with van der Waals surface area (Å²) in [6, 6.07) is 9.31. The van der Waals surface area contributed by atoms with E-state index in [-0.39, 0.29) is 0 Å². The predicted octanol–water partition coefficient (Wildman–Crippen LogP) is 2.69. The van der Waals surface area contributed by atoms with Crippen molar-refractivity contribution in [3.05, 3.63) is 47.7 Å². The van der Waals surface area contributed by atoms with Crippen LogP contribution in [0.1, 0.15) is 11.1 Å². The molecule has 1 heterocycles. The van der Waals surface area contributed by atoms with Gasteiger partial charge in [-0.1, -0.05) is 6.07 Å². The molecule has 1 radical (unpaired) electrons. The van der Waals surface area contributed by atoms with Gasteiger partial charge in [-0.15, -0.1) is 10.2 Å². The molecule has 0 aliphatic rings. The maximum absolute atomic E-state index is 5.52. The standard InChI is InChI=1S/C12H11N2O/c1-9-5-6-11(8-10(9)2)15-12-4-3-7-13-14-12/h3-6,8H,1-2H3. The summed E-state index contributed by atoms with van der Waals surface area (Å²) in [5.41, 5.74) is 2.44. The van der Waals surface area contributed by atoms with Crippen molar-refractivity contribution in [3.8, 4) is 11.6 Å². The van der Waals surface area contributed by atoms with E-state index in [0.717, 1.165) is 5.75 Å². The first kappa shape index (κ1) is 9.65. The van der Waals surface area contributed by atoms with E-state index < -0.39 is 0 Å². The van der Waals surface area contributed by atoms with Crippen molar-refractivity contribution in [2.75, 3.05) is 0 Å². The highest BCUT2D eigenvalue weighted by Gasteiger charge is 1.99. The molecule has 2 rings (SSSR count). The fourth-order valence-corrected chi connectivity index (χ4v) is 1.21. The Morgan fingerprint density at radius 3 is 2.67 bits per heavy atom. The zero-order chi connectivity index (χ0) is 10.7. The third-order valence-electron chi connectivity index (χ3n) is 2.21. The van der Waals surface area contributed by atoms with Crippen molar-refractivity contribution in [3.63, 3.8) is 0 Å². The van der Waals surface area contributed by atoms with Crippen LogP contribution in [0.2, 0.25) is 0 Å². The van der Waals surface area contributed by atoms with Gasteiger partial charge in [0.1, 0.15) is 11.9 Å². The zero-order valence-corrected chi connectivity index (χ0v) is 8.69. The maximum Gasteiger partial charge on any atom is 0.238 e. The Balaban J connectivity index is 2.22. The van der Waals surface area contributed by atoms with Crippen LogP contribution < -0.4 is 4.74 Å². The molecule has 0 N–H and O–H groups in total. The topological polar surface area (TPSA) is 35.0 Å². The number of hydrogen-bond donors (Lipinski definition) is 0. The number of aryl methyl sites for hydroxylation is 2. The number of ether oxygens (including phenoxy) is 1. The first-order valence-corrected chi connectivity index (χ1v) is 4.70. The van der Waals surface area contributed by atoms with Gasteiger partial charge in [-0.3, -0.25) is 0 Å². The molecule has 0 bridgehead atoms. The number of rotatable bonds is 2. The van der Waals surface area contributed by atoms with Gasteiger partial charge in [-0.2, -0.15) is 0 Å². The Kier molecular flexibility index (Phi) is 2.63. The molecule has 15 heavy (non-hydrogen) atoms. The molecule has 0 atom stereocenters. The van der Waals surface area contributed by atoms with Gasteiger partial charge in [-0.25, -0.2) is 0 Å². The Morgan fingerprint density at radius 1 is 1.13 bits per heavy atom. The van der Waals surface area contributed by atoms with Crippen LogP contribution in [0.15, 0.2) is 30.3 Å². The second-order valence-corrected chi connectivity index (χ2v) is 3.35. The summed E-state index contributed by atoms with van der Waals surface area (Å²) in [6.45, 7) is 4.11. The molecule has 0 spiro atoms. The summed E-state index contributed by atoms with van der Waals surface area (Å²) >= 11 is 0. The Morgan fingerprint density at radius 2 is 2.00 bits per heavy atom. The second kappa shape index (κ2) is 4.09. The van der Waals surface area contributed by atoms with Gasteiger partial charge in [0, 0.05) is 6.07 Å². The fourth-order valence-electron chi connectivity index (χ4n) is 1.21. The van der Waals surface area contributed by atoms with E-state index in [1.807, 2.05) is 25.1 Å². The van der Waals surface area contributed by atoms with E-state index in [1.54, 1.807) is 12.1 Å². The minimum Gasteiger partial charge on any atom is -0.438 e. The molecule has 2 aromatic rings. The zero-order valence-electron chi connectivity index (χ0n) is 8.69. The summed E-state index contributed by atoms with van der Waals surface area (Å²) in [6.07, 6.45) is 2.60. The smallest absolute Gasteiger partial charge is 0.238 e. The molecule has 0 unspecified atom stereocenters. The lowest BCUT2D eigenvalue weighted by Crippen LogP contribution is -1.90. The largest absolute Gasteiger partial charge is 0.438 e. The quantitative estimate of drug-likeness (QED) is 0.745. The highest BCUT2D eigenvalue weighted by Crippen LogP contribution is 2.21. The summed E-state index contributed by atoms with van der Waals surface area (Å²) < 4.78 is 5.52. The fraction of sp³-hybridized carbons (Fsp3) is 0.167. The molecule has 1 aromatic heterocycles. The molecule has 0 aliphatic heterocycles. The summed E-state index contributed by atoms with van der Waals surface area (Å²) in [5.74, 6) is 1.26. The van der Waals surface area contributed by atoms with E-state index in [1.165, 1.54) is 11.1 Å². The molecule has 0 fully saturated rings. The van der Waals surface area contributed by atoms with Crippen molar-refractivity contribution in [1.29, 1.82) is 0 Å². The van der Waals surface area contributed by atoms with Gasteiger partial charge in [0.25, 0.3) is 0 Å². The third-order valence-corrected chi connectivity index (χ3v) is 2.21. The predicted molar refractivity (Wildman–Crippen MR) is 56.9 cm³/mol. The Labute approximate surface area is 88.7 Å². The molecule has 1 aromatic carbocycles. The lowest BCUT2D eigenvalue weighted by Gasteiger charge is -2.05. The van der Waals surface area contributed by atoms with Gasteiger partial charge in [0.2, 0.25) is 5.88 Å². The SMILES string of the molecule is Cc1ccc(Oc2cc[c]nn2)cc1C. The van der Waals surface area contributed by atoms with Crippen LogP contribution in [-0.4, -0.2) is 10.2 Å². The number of nitrogens with zero attached hydrogens (tertiary/aromatic N) is 2. The minimum atomic E-state index is 0.483. The molecule has 0 amide bonds. The van der Waals surface area contributed by atoms with Crippen LogP contribution in [0.5, 0.6) is 11.6 Å². The van der Waals surface area contributed by atoms with Crippen molar-refractivity contribution < 1.29 is 4.74 Å². The summed E-state index contributed by atoms with van der Waals surface area (Å²) in [5, 5.41) is 7.42. The van der Waals surface area contributed by atoms with Gasteiger partial charge < -0.3 is 4.74 Å². The van der Waals surface area contributed by atoms with E-state index in [9.17, 15) is 0 Å². The maximum atomic E-state index is 5.52. The van der Waals surface area contributed by atoms with Crippen molar-refractivity contribution in [1.82, 2.24) is 10.2 Å². The number of benzene rings is 1. The van der Waals surface area contributed by atoms with Gasteiger partial charge in [0.15, 0.2) is 0 Å². The molecular formula is C12H11N2O. The number of aromatic nitrogens is 2. The van der Waals surface area contributed by atoms with Gasteiger partial charge in [-0.05, 0) is 43.2 Å². The monoisotopic (exact) mass is 199 g/mol. The number of hydrogen-bond acceptors (Lipinski definition) is 3. The summed E-state index contributed by atoms with van der Waals surface area (Å²) in [4.78, 5) is 0. The average molecular weight is 199 g/mol. The normalized spacial score (nSPS) is 10.0. The third kappa shape index (κ3) is 2.31. The molecule has 3 heteroatoms. The molecular weight excluding hydrogens is 188 g/mol. The first-order valence-electron chi connectivity index (χ1n) is 4.70. The van der Waals surface area contributed by atoms with E-state index in [4.69, 9.17) is 4.74 Å². The van der Waals surface area contributed by atoms with Gasteiger partial charge >= 0.3 is 0 Å². The highest BCUT2D eigenvalue weighted by atomic mass is 16.5. The molecule has 0 saturated heterocycles.